The van der Waals surface area contributed by atoms with Gasteiger partial charge in [-0.2, -0.15) is 0 Å². The van der Waals surface area contributed by atoms with Gasteiger partial charge in [-0.15, -0.1) is 0 Å². The van der Waals surface area contributed by atoms with Crippen LogP contribution in [0.3, 0.4) is 0 Å². The predicted octanol–water partition coefficient (Wildman–Crippen LogP) is 6.45. The van der Waals surface area contributed by atoms with Crippen LogP contribution in [0.15, 0.2) is 11.1 Å². The summed E-state index contributed by atoms with van der Waals surface area (Å²) in [5.41, 5.74) is -5.06. The summed E-state index contributed by atoms with van der Waals surface area (Å²) in [4.78, 5) is 42.3. The van der Waals surface area contributed by atoms with E-state index in [1.54, 1.807) is 13.8 Å². The summed E-state index contributed by atoms with van der Waals surface area (Å²) < 4.78 is 26.6. The second kappa shape index (κ2) is 12.5. The summed E-state index contributed by atoms with van der Waals surface area (Å²) in [7, 11) is -4.85. The number of fused-ring (bicyclic) bond motifs is 3. The Kier molecular flexibility index (Phi) is 10.3. The second-order valence-corrected chi connectivity index (χ2v) is 25.2. The van der Waals surface area contributed by atoms with Crippen LogP contribution in [0.2, 0.25) is 36.3 Å². The molecule has 3 aliphatic carbocycles. The summed E-state index contributed by atoms with van der Waals surface area (Å²) >= 11 is 3.69. The highest BCUT2D eigenvalue weighted by Crippen LogP contribution is 2.65. The zero-order valence-corrected chi connectivity index (χ0v) is 32.5. The number of aliphatic hydroxyl groups excluding tert-OH is 1. The zero-order valence-electron chi connectivity index (χ0n) is 28.9. The summed E-state index contributed by atoms with van der Waals surface area (Å²) in [5.74, 6) is -1.72. The van der Waals surface area contributed by atoms with E-state index in [9.17, 15) is 19.8 Å². The molecule has 0 aromatic carbocycles. The standard InChI is InChI=1S/C33H55BrO9Si2/c1-11-44(12-2,13-3)42-23-17-22(34)32(39,19-35)26-28-33(41-29(38)40-28)18-21(36)20(7)24(30(33,8)9)25(27(37)31(23,26)10)43-45(14-4,15-5)16-6/h22-23,25-26,28,35,39H,11-19H2,1-10H3/t22-,23-,25+,26-,28-,31+,32-,33+/m0/s1. The van der Waals surface area contributed by atoms with Crippen LogP contribution in [0, 0.1) is 16.7 Å². The van der Waals surface area contributed by atoms with E-state index in [1.807, 2.05) is 13.8 Å². The smallest absolute Gasteiger partial charge is 0.426 e. The predicted molar refractivity (Wildman–Crippen MR) is 180 cm³/mol. The van der Waals surface area contributed by atoms with E-state index >= 15 is 4.79 Å². The summed E-state index contributed by atoms with van der Waals surface area (Å²) in [6, 6.07) is 4.86. The summed E-state index contributed by atoms with van der Waals surface area (Å²) in [5, 5.41) is 23.5. The number of rotatable bonds is 11. The molecule has 8 atom stereocenters. The van der Waals surface area contributed by atoms with Crippen molar-refractivity contribution in [1.29, 1.82) is 0 Å². The van der Waals surface area contributed by atoms with Crippen molar-refractivity contribution in [2.75, 3.05) is 6.61 Å². The van der Waals surface area contributed by atoms with E-state index in [0.717, 1.165) is 36.3 Å². The molecule has 1 aliphatic heterocycles. The van der Waals surface area contributed by atoms with Crippen molar-refractivity contribution in [2.24, 2.45) is 16.7 Å². The van der Waals surface area contributed by atoms with Crippen LogP contribution < -0.4 is 0 Å². The molecule has 45 heavy (non-hydrogen) atoms. The lowest BCUT2D eigenvalue weighted by Gasteiger charge is -2.63. The molecule has 0 unspecified atom stereocenters. The third-order valence-corrected chi connectivity index (χ3v) is 23.4. The lowest BCUT2D eigenvalue weighted by molar-refractivity contribution is -0.225. The Morgan fingerprint density at radius 1 is 0.911 bits per heavy atom. The molecule has 1 saturated heterocycles. The van der Waals surface area contributed by atoms with Crippen LogP contribution >= 0.6 is 15.9 Å². The first-order chi connectivity index (χ1) is 20.9. The van der Waals surface area contributed by atoms with Crippen molar-refractivity contribution in [1.82, 2.24) is 0 Å². The number of hydrogen-bond acceptors (Lipinski definition) is 9. The molecule has 256 valence electrons. The highest BCUT2D eigenvalue weighted by Gasteiger charge is 2.78. The van der Waals surface area contributed by atoms with Crippen molar-refractivity contribution >= 4 is 50.3 Å². The Morgan fingerprint density at radius 2 is 1.42 bits per heavy atom. The van der Waals surface area contributed by atoms with Gasteiger partial charge in [-0.05, 0) is 67.7 Å². The quantitative estimate of drug-likeness (QED) is 0.140. The molecule has 2 bridgehead atoms. The highest BCUT2D eigenvalue weighted by atomic mass is 79.9. The second-order valence-electron chi connectivity index (χ2n) is 14.6. The number of alkyl halides is 1. The maximum atomic E-state index is 15.8. The van der Waals surface area contributed by atoms with E-state index in [0.29, 0.717) is 11.1 Å². The average Bonchev–Trinajstić information content (AvgIpc) is 3.34. The number of carbonyl (C=O) groups is 3. The monoisotopic (exact) mass is 730 g/mol. The maximum absolute atomic E-state index is 15.8. The molecule has 2 saturated carbocycles. The number of allylic oxidation sites excluding steroid dienone is 1. The number of hydrogen-bond donors (Lipinski definition) is 2. The minimum absolute atomic E-state index is 0.172. The molecule has 9 nitrogen and oxygen atoms in total. The maximum Gasteiger partial charge on any atom is 0.509 e. The van der Waals surface area contributed by atoms with Gasteiger partial charge in [0.05, 0.1) is 24.5 Å². The number of Topliss-reactive ketones (excluding diaryl/α,β-unsaturated/α-hetero) is 2. The summed E-state index contributed by atoms with van der Waals surface area (Å²) in [6.07, 6.45) is -3.90. The van der Waals surface area contributed by atoms with Crippen LogP contribution in [0.25, 0.3) is 0 Å². The topological polar surface area (TPSA) is 129 Å². The van der Waals surface area contributed by atoms with Gasteiger partial charge in [0.15, 0.2) is 39.9 Å². The van der Waals surface area contributed by atoms with Gasteiger partial charge in [-0.25, -0.2) is 4.79 Å². The van der Waals surface area contributed by atoms with Crippen molar-refractivity contribution < 1.29 is 42.9 Å². The van der Waals surface area contributed by atoms with Gasteiger partial charge in [0, 0.05) is 16.2 Å². The Balaban J connectivity index is 2.15. The largest absolute Gasteiger partial charge is 0.509 e. The van der Waals surface area contributed by atoms with Crippen LogP contribution in [0.4, 0.5) is 4.79 Å². The normalized spacial score (nSPS) is 38.2. The average molecular weight is 732 g/mol. The third kappa shape index (κ3) is 5.13. The molecule has 0 aromatic heterocycles. The lowest BCUT2D eigenvalue weighted by atomic mass is 9.46. The van der Waals surface area contributed by atoms with Gasteiger partial charge < -0.3 is 28.5 Å². The molecule has 4 aliphatic rings. The lowest BCUT2D eigenvalue weighted by Crippen LogP contribution is -2.77. The Labute approximate surface area is 279 Å². The molecule has 1 spiro atoms. The van der Waals surface area contributed by atoms with Crippen LogP contribution in [-0.2, 0) is 27.9 Å². The fraction of sp³-hybridized carbons (Fsp3) is 0.848. The number of carbonyl (C=O) groups excluding carboxylic acids is 3. The third-order valence-electron chi connectivity index (χ3n) is 13.0. The molecular formula is C33H55BrO9Si2. The Bertz CT molecular complexity index is 1210. The van der Waals surface area contributed by atoms with Crippen LogP contribution in [0.1, 0.15) is 82.1 Å². The molecule has 0 radical (unpaired) electrons. The van der Waals surface area contributed by atoms with Gasteiger partial charge in [0.2, 0.25) is 0 Å². The Hall–Kier alpha value is -0.896. The number of ether oxygens (including phenoxy) is 2. The van der Waals surface area contributed by atoms with Crippen molar-refractivity contribution in [3.05, 3.63) is 11.1 Å². The van der Waals surface area contributed by atoms with Crippen LogP contribution in [-0.4, -0.2) is 85.5 Å². The SMILES string of the molecule is CC[Si](CC)(CC)O[C@H]1C(=O)[C@]2(C)[C@@H](O[Si](CC)(CC)CC)C[C@H](Br)[C@@](O)(CO)[C@H]2[C@@H]2OC(=O)O[C@]23CC(=O)C(C)=C1C3(C)C. The molecule has 4 rings (SSSR count). The Morgan fingerprint density at radius 3 is 1.91 bits per heavy atom. The van der Waals surface area contributed by atoms with Crippen molar-refractivity contribution in [3.63, 3.8) is 0 Å². The first-order valence-corrected chi connectivity index (χ1v) is 22.9. The van der Waals surface area contributed by atoms with E-state index < -0.39 is 80.5 Å². The van der Waals surface area contributed by atoms with E-state index in [-0.39, 0.29) is 24.4 Å². The molecule has 0 aromatic rings. The van der Waals surface area contributed by atoms with Crippen LogP contribution in [0.5, 0.6) is 0 Å². The van der Waals surface area contributed by atoms with Gasteiger partial charge >= 0.3 is 6.16 Å². The summed E-state index contributed by atoms with van der Waals surface area (Å²) in [6.45, 7) is 19.3. The molecule has 12 heteroatoms. The molecule has 3 fully saturated rings. The molecule has 2 N–H and O–H groups in total. The highest BCUT2D eigenvalue weighted by molar-refractivity contribution is 9.09. The van der Waals surface area contributed by atoms with Gasteiger partial charge in [0.25, 0.3) is 0 Å². The minimum atomic E-state index is -2.50. The number of aliphatic hydroxyl groups is 2. The molecular weight excluding hydrogens is 676 g/mol. The number of halogens is 1. The van der Waals surface area contributed by atoms with Crippen molar-refractivity contribution in [3.8, 4) is 0 Å². The first kappa shape index (κ1) is 36.9. The zero-order chi connectivity index (χ0) is 34.0. The fourth-order valence-corrected chi connectivity index (χ4v) is 15.7. The minimum Gasteiger partial charge on any atom is -0.426 e. The number of ketones is 2. The van der Waals surface area contributed by atoms with E-state index in [2.05, 4.69) is 57.5 Å². The molecule has 1 heterocycles. The van der Waals surface area contributed by atoms with E-state index in [4.69, 9.17) is 18.3 Å². The molecule has 0 amide bonds. The van der Waals surface area contributed by atoms with Gasteiger partial charge in [-0.3, -0.25) is 9.59 Å². The van der Waals surface area contributed by atoms with Crippen molar-refractivity contribution in [2.45, 2.75) is 153 Å². The fourth-order valence-electron chi connectivity index (χ4n) is 9.24. The van der Waals surface area contributed by atoms with E-state index in [1.165, 1.54) is 0 Å². The van der Waals surface area contributed by atoms with Gasteiger partial charge in [0.1, 0.15) is 11.7 Å². The first-order valence-electron chi connectivity index (χ1n) is 16.9. The van der Waals surface area contributed by atoms with Gasteiger partial charge in [-0.1, -0.05) is 71.3 Å².